The van der Waals surface area contributed by atoms with Gasteiger partial charge < -0.3 is 5.32 Å². The lowest BCUT2D eigenvalue weighted by molar-refractivity contribution is 0.102. The third kappa shape index (κ3) is 4.73. The summed E-state index contributed by atoms with van der Waals surface area (Å²) in [6.07, 6.45) is 4.83. The second-order valence-corrected chi connectivity index (χ2v) is 9.53. The molecule has 4 rings (SSSR count). The van der Waals surface area contributed by atoms with Crippen LogP contribution in [-0.2, 0) is 16.3 Å². The number of sulfone groups is 1. The van der Waals surface area contributed by atoms with Gasteiger partial charge in [0, 0.05) is 35.3 Å². The van der Waals surface area contributed by atoms with E-state index >= 15 is 0 Å². The van der Waals surface area contributed by atoms with E-state index in [2.05, 4.69) is 34.3 Å². The van der Waals surface area contributed by atoms with Crippen LogP contribution in [0.2, 0.25) is 0 Å². The van der Waals surface area contributed by atoms with Gasteiger partial charge in [0.05, 0.1) is 16.8 Å². The first-order chi connectivity index (χ1) is 15.8. The Balaban J connectivity index is 1.68. The molecule has 7 nitrogen and oxygen atoms in total. The highest BCUT2D eigenvalue weighted by atomic mass is 32.2. The molecule has 0 aliphatic heterocycles. The average molecular weight is 457 g/mol. The number of nitrogens with zero attached hydrogens (tertiary/aromatic N) is 3. The number of nitrogens with one attached hydrogen (secondary N) is 1. The van der Waals surface area contributed by atoms with Crippen LogP contribution in [0, 0.1) is 11.3 Å². The number of anilines is 1. The van der Waals surface area contributed by atoms with Gasteiger partial charge in [0.25, 0.3) is 5.91 Å². The molecule has 33 heavy (non-hydrogen) atoms. The Labute approximate surface area is 191 Å². The molecule has 0 spiro atoms. The second kappa shape index (κ2) is 8.81. The molecule has 0 saturated carbocycles. The molecule has 0 radical (unpaired) electrons. The first-order valence-electron chi connectivity index (χ1n) is 10.2. The monoisotopic (exact) mass is 456 g/mol. The molecule has 2 aromatic carbocycles. The fraction of sp³-hybridized carbons (Fsp3) is 0.120. The Bertz CT molecular complexity index is 1520. The van der Waals surface area contributed by atoms with Gasteiger partial charge >= 0.3 is 0 Å². The normalized spacial score (nSPS) is 11.2. The van der Waals surface area contributed by atoms with Crippen molar-refractivity contribution in [3.8, 4) is 17.3 Å². The van der Waals surface area contributed by atoms with E-state index in [4.69, 9.17) is 5.26 Å². The van der Waals surface area contributed by atoms with Gasteiger partial charge in [-0.25, -0.2) is 13.4 Å². The highest BCUT2D eigenvalue weighted by Gasteiger charge is 2.21. The maximum absolute atomic E-state index is 12.9. The zero-order valence-corrected chi connectivity index (χ0v) is 18.8. The Morgan fingerprint density at radius 2 is 1.76 bits per heavy atom. The van der Waals surface area contributed by atoms with E-state index in [0.29, 0.717) is 5.69 Å². The van der Waals surface area contributed by atoms with Gasteiger partial charge in [0.1, 0.15) is 6.07 Å². The number of aromatic nitrogens is 2. The molecule has 4 aromatic rings. The lowest BCUT2D eigenvalue weighted by atomic mass is 10.0. The minimum absolute atomic E-state index is 0.0934. The topological polar surface area (TPSA) is 113 Å². The van der Waals surface area contributed by atoms with Crippen molar-refractivity contribution in [2.24, 2.45) is 0 Å². The Kier molecular flexibility index (Phi) is 5.90. The highest BCUT2D eigenvalue weighted by molar-refractivity contribution is 7.90. The van der Waals surface area contributed by atoms with Crippen LogP contribution in [0.25, 0.3) is 22.0 Å². The van der Waals surface area contributed by atoms with E-state index in [1.165, 1.54) is 11.6 Å². The number of pyridine rings is 2. The van der Waals surface area contributed by atoms with Crippen molar-refractivity contribution in [2.75, 3.05) is 11.6 Å². The number of benzene rings is 2. The quantitative estimate of drug-likeness (QED) is 0.477. The van der Waals surface area contributed by atoms with Crippen molar-refractivity contribution in [3.05, 3.63) is 83.7 Å². The number of fused-ring (bicyclic) bond motifs is 1. The molecule has 1 amide bonds. The summed E-state index contributed by atoms with van der Waals surface area (Å²) in [7, 11) is -3.76. The van der Waals surface area contributed by atoms with Gasteiger partial charge in [-0.3, -0.25) is 9.78 Å². The molecule has 0 unspecified atom stereocenters. The molecule has 2 heterocycles. The molecule has 0 saturated heterocycles. The Hall–Kier alpha value is -4.09. The summed E-state index contributed by atoms with van der Waals surface area (Å²) in [5, 5.41) is 13.2. The van der Waals surface area contributed by atoms with Gasteiger partial charge in [0.15, 0.2) is 14.9 Å². The number of aryl methyl sites for hydroxylation is 1. The summed E-state index contributed by atoms with van der Waals surface area (Å²) in [4.78, 5) is 21.2. The van der Waals surface area contributed by atoms with Crippen LogP contribution in [0.1, 0.15) is 28.4 Å². The van der Waals surface area contributed by atoms with Crippen molar-refractivity contribution < 1.29 is 13.2 Å². The first-order valence-corrected chi connectivity index (χ1v) is 12.1. The van der Waals surface area contributed by atoms with Crippen molar-refractivity contribution in [1.29, 1.82) is 5.26 Å². The van der Waals surface area contributed by atoms with Gasteiger partial charge in [-0.1, -0.05) is 37.3 Å². The second-order valence-electron chi connectivity index (χ2n) is 7.60. The largest absolute Gasteiger partial charge is 0.322 e. The molecule has 8 heteroatoms. The molecule has 1 N–H and O–H groups in total. The zero-order valence-electron chi connectivity index (χ0n) is 18.0. The van der Waals surface area contributed by atoms with Crippen LogP contribution in [0.15, 0.2) is 72.0 Å². The van der Waals surface area contributed by atoms with Crippen LogP contribution in [0.4, 0.5) is 5.69 Å². The summed E-state index contributed by atoms with van der Waals surface area (Å²) in [6, 6.07) is 18.6. The lowest BCUT2D eigenvalue weighted by Crippen LogP contribution is -2.17. The van der Waals surface area contributed by atoms with Crippen molar-refractivity contribution in [1.82, 2.24) is 9.97 Å². The van der Waals surface area contributed by atoms with Crippen LogP contribution >= 0.6 is 0 Å². The maximum Gasteiger partial charge on any atom is 0.258 e. The molecule has 0 fully saturated rings. The molecule has 0 bridgehead atoms. The molecule has 0 aliphatic carbocycles. The van der Waals surface area contributed by atoms with E-state index in [0.717, 1.165) is 40.9 Å². The fourth-order valence-corrected chi connectivity index (χ4v) is 4.25. The zero-order chi connectivity index (χ0) is 23.6. The standard InChI is InChI=1S/C25H20N4O3S/c1-3-16-4-6-18(7-5-16)23-12-20-11-21(9-8-19(20)15-27-23)29-24(30)22-10-17(13-26)14-28-25(22)33(2,31)32/h4-12,14-15H,3H2,1-2H3,(H,29,30). The summed E-state index contributed by atoms with van der Waals surface area (Å²) in [5.74, 6) is -0.663. The predicted octanol–water partition coefficient (Wildman–Crippen LogP) is 4.39. The SMILES string of the molecule is CCc1ccc(-c2cc3cc(NC(=O)c4cc(C#N)cnc4S(C)(=O)=O)ccc3cn2)cc1. The number of hydrogen-bond acceptors (Lipinski definition) is 6. The predicted molar refractivity (Wildman–Crippen MR) is 127 cm³/mol. The van der Waals surface area contributed by atoms with Crippen LogP contribution in [0.3, 0.4) is 0 Å². The van der Waals surface area contributed by atoms with Gasteiger partial charge in [-0.15, -0.1) is 0 Å². The third-order valence-corrected chi connectivity index (χ3v) is 6.24. The van der Waals surface area contributed by atoms with Gasteiger partial charge in [-0.05, 0) is 41.6 Å². The summed E-state index contributed by atoms with van der Waals surface area (Å²) >= 11 is 0. The van der Waals surface area contributed by atoms with E-state index in [1.54, 1.807) is 18.3 Å². The van der Waals surface area contributed by atoms with Gasteiger partial charge in [0.2, 0.25) is 0 Å². The molecule has 164 valence electrons. The van der Waals surface area contributed by atoms with E-state index in [1.807, 2.05) is 30.3 Å². The summed E-state index contributed by atoms with van der Waals surface area (Å²) in [5.41, 5.74) is 3.43. The third-order valence-electron chi connectivity index (χ3n) is 5.21. The number of amides is 1. The number of carbonyl (C=O) groups excluding carboxylic acids is 1. The Morgan fingerprint density at radius 3 is 2.42 bits per heavy atom. The van der Waals surface area contributed by atoms with E-state index in [-0.39, 0.29) is 16.2 Å². The van der Waals surface area contributed by atoms with Crippen molar-refractivity contribution in [3.63, 3.8) is 0 Å². The number of carbonyl (C=O) groups is 1. The van der Waals surface area contributed by atoms with Crippen LogP contribution < -0.4 is 5.32 Å². The maximum atomic E-state index is 12.9. The number of rotatable bonds is 5. The molecule has 0 aliphatic rings. The van der Waals surface area contributed by atoms with E-state index < -0.39 is 15.7 Å². The first kappa shape index (κ1) is 22.1. The average Bonchev–Trinajstić information content (AvgIpc) is 2.82. The molecular weight excluding hydrogens is 436 g/mol. The molecule has 0 atom stereocenters. The van der Waals surface area contributed by atoms with Crippen molar-refractivity contribution >= 4 is 32.2 Å². The van der Waals surface area contributed by atoms with E-state index in [9.17, 15) is 13.2 Å². The highest BCUT2D eigenvalue weighted by Crippen LogP contribution is 2.25. The summed E-state index contributed by atoms with van der Waals surface area (Å²) in [6.45, 7) is 2.10. The molecular formula is C25H20N4O3S. The molecule has 2 aromatic heterocycles. The smallest absolute Gasteiger partial charge is 0.258 e. The Morgan fingerprint density at radius 1 is 1.00 bits per heavy atom. The minimum Gasteiger partial charge on any atom is -0.322 e. The minimum atomic E-state index is -3.76. The number of hydrogen-bond donors (Lipinski definition) is 1. The van der Waals surface area contributed by atoms with Gasteiger partial charge in [-0.2, -0.15) is 5.26 Å². The lowest BCUT2D eigenvalue weighted by Gasteiger charge is -2.10. The van der Waals surface area contributed by atoms with Crippen LogP contribution in [0.5, 0.6) is 0 Å². The van der Waals surface area contributed by atoms with Crippen LogP contribution in [-0.4, -0.2) is 30.5 Å². The summed E-state index contributed by atoms with van der Waals surface area (Å²) < 4.78 is 24.1. The fourth-order valence-electron chi connectivity index (χ4n) is 3.46. The van der Waals surface area contributed by atoms with Crippen molar-refractivity contribution in [2.45, 2.75) is 18.4 Å². The number of nitriles is 1.